The number of hydrogen-bond acceptors (Lipinski definition) is 8. The maximum absolute atomic E-state index is 6.72. The molecule has 248 valence electrons. The van der Waals surface area contributed by atoms with E-state index in [4.69, 9.17) is 37.6 Å². The van der Waals surface area contributed by atoms with Gasteiger partial charge in [0.2, 0.25) is 0 Å². The summed E-state index contributed by atoms with van der Waals surface area (Å²) < 4.78 is 46.0. The van der Waals surface area contributed by atoms with Crippen molar-refractivity contribution in [1.82, 2.24) is 0 Å². The van der Waals surface area contributed by atoms with Gasteiger partial charge in [-0.15, -0.1) is 0 Å². The Balaban J connectivity index is 1.20. The largest absolute Gasteiger partial charge is 0.415 e. The zero-order valence-electron chi connectivity index (χ0n) is 27.3. The van der Waals surface area contributed by atoms with Crippen molar-refractivity contribution < 1.29 is 37.6 Å². The minimum absolute atomic E-state index is 0.425. The molecule has 0 spiro atoms. The minimum Gasteiger partial charge on any atom is -0.415 e. The van der Waals surface area contributed by atoms with Crippen molar-refractivity contribution in [1.29, 1.82) is 0 Å². The van der Waals surface area contributed by atoms with Gasteiger partial charge in [0, 0.05) is 0 Å². The van der Waals surface area contributed by atoms with E-state index < -0.39 is 13.9 Å². The van der Waals surface area contributed by atoms with Gasteiger partial charge in [0.25, 0.3) is 0 Å². The lowest BCUT2D eigenvalue weighted by Gasteiger charge is -2.36. The van der Waals surface area contributed by atoms with Crippen LogP contribution in [-0.2, 0) is 43.2 Å². The zero-order chi connectivity index (χ0) is 31.9. The molecule has 0 fully saturated rings. The fraction of sp³-hybridized carbons (Fsp3) is 0.500. The van der Waals surface area contributed by atoms with Crippen LogP contribution in [0.15, 0.2) is 91.0 Å². The van der Waals surface area contributed by atoms with E-state index in [1.165, 1.54) is 0 Å². The third kappa shape index (κ3) is 14.7. The first-order valence-electron chi connectivity index (χ1n) is 15.9. The number of ether oxygens (including phenoxy) is 7. The summed E-state index contributed by atoms with van der Waals surface area (Å²) in [5.74, 6) is 0. The molecule has 0 aliphatic rings. The Labute approximate surface area is 271 Å². The highest BCUT2D eigenvalue weighted by Crippen LogP contribution is 2.40. The van der Waals surface area contributed by atoms with Gasteiger partial charge in [0.1, 0.15) is 5.60 Å². The smallest absolute Gasteiger partial charge is 0.183 e. The van der Waals surface area contributed by atoms with Crippen LogP contribution in [0.4, 0.5) is 0 Å². The summed E-state index contributed by atoms with van der Waals surface area (Å²) in [6, 6.07) is 31.0. The maximum atomic E-state index is 6.72. The van der Waals surface area contributed by atoms with Crippen molar-refractivity contribution in [2.45, 2.75) is 25.2 Å². The molecule has 0 aliphatic heterocycles. The standard InChI is InChI=1S/C36H52O8Si/c1-45(2,3)44-32-30-42-28-26-40-24-22-38-20-19-37-21-23-39-25-27-41-29-31-43-36(33-13-7-4-8-14-33,34-15-9-5-10-16-34)35-17-11-6-12-18-35/h4-18H,19-32H2,1-3H3. The van der Waals surface area contributed by atoms with Crippen LogP contribution in [0.2, 0.25) is 19.6 Å². The van der Waals surface area contributed by atoms with Gasteiger partial charge in [0.15, 0.2) is 8.32 Å². The molecule has 0 bridgehead atoms. The molecule has 3 rings (SSSR count). The Morgan fingerprint density at radius 2 is 0.644 bits per heavy atom. The van der Waals surface area contributed by atoms with Gasteiger partial charge in [0.05, 0.1) is 92.5 Å². The molecule has 8 nitrogen and oxygen atoms in total. The normalized spacial score (nSPS) is 12.1. The Kier molecular flexibility index (Phi) is 18.2. The molecule has 0 amide bonds. The van der Waals surface area contributed by atoms with Crippen LogP contribution < -0.4 is 0 Å². The third-order valence-corrected chi connectivity index (χ3v) is 7.78. The fourth-order valence-electron chi connectivity index (χ4n) is 4.63. The Bertz CT molecular complexity index is 1020. The predicted octanol–water partition coefficient (Wildman–Crippen LogP) is 5.95. The summed E-state index contributed by atoms with van der Waals surface area (Å²) in [6.45, 7) is 13.8. The van der Waals surface area contributed by atoms with E-state index in [0.717, 1.165) is 16.7 Å². The van der Waals surface area contributed by atoms with Crippen LogP contribution in [0.1, 0.15) is 16.7 Å². The zero-order valence-corrected chi connectivity index (χ0v) is 28.3. The molecule has 0 heterocycles. The van der Waals surface area contributed by atoms with Crippen molar-refractivity contribution in [2.75, 3.05) is 92.5 Å². The van der Waals surface area contributed by atoms with Gasteiger partial charge in [-0.2, -0.15) is 0 Å². The molecule has 3 aromatic rings. The topological polar surface area (TPSA) is 73.8 Å². The molecule has 3 aromatic carbocycles. The summed E-state index contributed by atoms with van der Waals surface area (Å²) in [5, 5.41) is 0. The van der Waals surface area contributed by atoms with Crippen molar-refractivity contribution in [3.05, 3.63) is 108 Å². The van der Waals surface area contributed by atoms with Crippen molar-refractivity contribution >= 4 is 8.32 Å². The number of hydrogen-bond donors (Lipinski definition) is 0. The molecule has 9 heteroatoms. The van der Waals surface area contributed by atoms with Gasteiger partial charge < -0.3 is 37.6 Å². The van der Waals surface area contributed by atoms with Crippen molar-refractivity contribution in [2.24, 2.45) is 0 Å². The monoisotopic (exact) mass is 640 g/mol. The average molecular weight is 641 g/mol. The van der Waals surface area contributed by atoms with Crippen LogP contribution in [0, 0.1) is 0 Å². The first kappa shape index (κ1) is 37.0. The van der Waals surface area contributed by atoms with E-state index in [0.29, 0.717) is 92.5 Å². The second-order valence-corrected chi connectivity index (χ2v) is 15.8. The average Bonchev–Trinajstić information content (AvgIpc) is 3.06. The van der Waals surface area contributed by atoms with Crippen LogP contribution >= 0.6 is 0 Å². The molecule has 0 saturated carbocycles. The summed E-state index contributed by atoms with van der Waals surface area (Å²) in [4.78, 5) is 0. The molecule has 0 atom stereocenters. The van der Waals surface area contributed by atoms with Gasteiger partial charge in [-0.05, 0) is 36.3 Å². The summed E-state index contributed by atoms with van der Waals surface area (Å²) in [7, 11) is -1.46. The van der Waals surface area contributed by atoms with Crippen LogP contribution in [0.5, 0.6) is 0 Å². The molecule has 45 heavy (non-hydrogen) atoms. The van der Waals surface area contributed by atoms with E-state index in [1.807, 2.05) is 54.6 Å². The van der Waals surface area contributed by atoms with E-state index in [1.54, 1.807) is 0 Å². The summed E-state index contributed by atoms with van der Waals surface area (Å²) in [6.07, 6.45) is 0. The molecule has 0 saturated heterocycles. The van der Waals surface area contributed by atoms with E-state index >= 15 is 0 Å². The summed E-state index contributed by atoms with van der Waals surface area (Å²) in [5.41, 5.74) is 2.48. The molecule has 0 unspecified atom stereocenters. The quantitative estimate of drug-likeness (QED) is 0.0606. The van der Waals surface area contributed by atoms with Crippen LogP contribution in [0.25, 0.3) is 0 Å². The third-order valence-electron chi connectivity index (χ3n) is 6.71. The highest BCUT2D eigenvalue weighted by Gasteiger charge is 2.37. The fourth-order valence-corrected chi connectivity index (χ4v) is 5.33. The highest BCUT2D eigenvalue weighted by molar-refractivity contribution is 6.69. The lowest BCUT2D eigenvalue weighted by atomic mass is 9.80. The van der Waals surface area contributed by atoms with Crippen molar-refractivity contribution in [3.63, 3.8) is 0 Å². The highest BCUT2D eigenvalue weighted by atomic mass is 28.4. The lowest BCUT2D eigenvalue weighted by Crippen LogP contribution is -2.34. The predicted molar refractivity (Wildman–Crippen MR) is 179 cm³/mol. The van der Waals surface area contributed by atoms with Gasteiger partial charge in [-0.25, -0.2) is 0 Å². The van der Waals surface area contributed by atoms with Crippen molar-refractivity contribution in [3.8, 4) is 0 Å². The van der Waals surface area contributed by atoms with E-state index in [9.17, 15) is 0 Å². The first-order valence-corrected chi connectivity index (χ1v) is 19.3. The molecule has 0 aliphatic carbocycles. The Hall–Kier alpha value is -2.44. The second kappa shape index (κ2) is 22.1. The molecule has 0 radical (unpaired) electrons. The maximum Gasteiger partial charge on any atom is 0.183 e. The molecule has 0 N–H and O–H groups in total. The number of rotatable bonds is 26. The summed E-state index contributed by atoms with van der Waals surface area (Å²) >= 11 is 0. The molecule has 0 aromatic heterocycles. The van der Waals surface area contributed by atoms with Gasteiger partial charge in [-0.1, -0.05) is 91.0 Å². The Morgan fingerprint density at radius 3 is 0.933 bits per heavy atom. The van der Waals surface area contributed by atoms with E-state index in [2.05, 4.69) is 56.0 Å². The minimum atomic E-state index is -1.46. The second-order valence-electron chi connectivity index (χ2n) is 11.3. The van der Waals surface area contributed by atoms with Crippen LogP contribution in [0.3, 0.4) is 0 Å². The van der Waals surface area contributed by atoms with E-state index in [-0.39, 0.29) is 0 Å². The SMILES string of the molecule is C[Si](C)(C)OCCOCCOCCOCCOCCOCCOCCOC(c1ccccc1)(c1ccccc1)c1ccccc1. The molecular formula is C36H52O8Si. The van der Waals surface area contributed by atoms with Gasteiger partial charge in [-0.3, -0.25) is 0 Å². The lowest BCUT2D eigenvalue weighted by molar-refractivity contribution is -0.0395. The molecular weight excluding hydrogens is 588 g/mol. The first-order chi connectivity index (χ1) is 22.0. The Morgan fingerprint density at radius 1 is 0.378 bits per heavy atom. The van der Waals surface area contributed by atoms with Gasteiger partial charge >= 0.3 is 0 Å². The van der Waals surface area contributed by atoms with Crippen LogP contribution in [-0.4, -0.2) is 101 Å². The number of benzene rings is 3.